The molecule has 3 unspecified atom stereocenters. The molecule has 2 rings (SSSR count). The van der Waals surface area contributed by atoms with Crippen molar-refractivity contribution < 1.29 is 9.53 Å². The molecule has 0 spiro atoms. The first-order valence-corrected chi connectivity index (χ1v) is 7.73. The topological polar surface area (TPSA) is 26.3 Å². The second-order valence-electron chi connectivity index (χ2n) is 6.63. The average Bonchev–Trinajstić information content (AvgIpc) is 2.41. The Balaban J connectivity index is 2.19. The molecular formula is C18H26O2. The third-order valence-corrected chi connectivity index (χ3v) is 4.59. The van der Waals surface area contributed by atoms with E-state index in [0.717, 1.165) is 29.9 Å². The maximum atomic E-state index is 10.9. The molecule has 1 fully saturated rings. The molecule has 3 atom stereocenters. The maximum Gasteiger partial charge on any atom is 0.150 e. The fraction of sp³-hybridized carbons (Fsp3) is 0.611. The van der Waals surface area contributed by atoms with E-state index >= 15 is 0 Å². The lowest BCUT2D eigenvalue weighted by atomic mass is 9.75. The van der Waals surface area contributed by atoms with Crippen LogP contribution in [0, 0.1) is 24.7 Å². The van der Waals surface area contributed by atoms with Crippen molar-refractivity contribution in [2.45, 2.75) is 53.1 Å². The van der Waals surface area contributed by atoms with Crippen LogP contribution in [0.3, 0.4) is 0 Å². The van der Waals surface area contributed by atoms with E-state index in [2.05, 4.69) is 20.8 Å². The Morgan fingerprint density at radius 1 is 1.30 bits per heavy atom. The highest BCUT2D eigenvalue weighted by atomic mass is 16.5. The van der Waals surface area contributed by atoms with E-state index < -0.39 is 0 Å². The van der Waals surface area contributed by atoms with Crippen LogP contribution in [0.2, 0.25) is 0 Å². The summed E-state index contributed by atoms with van der Waals surface area (Å²) in [6, 6.07) is 5.69. The van der Waals surface area contributed by atoms with Gasteiger partial charge >= 0.3 is 0 Å². The molecule has 2 nitrogen and oxygen atoms in total. The largest absolute Gasteiger partial charge is 0.490 e. The minimum absolute atomic E-state index is 0.277. The van der Waals surface area contributed by atoms with Crippen LogP contribution in [0.1, 0.15) is 56.0 Å². The zero-order valence-electron chi connectivity index (χ0n) is 13.1. The Morgan fingerprint density at radius 2 is 2.05 bits per heavy atom. The van der Waals surface area contributed by atoms with Gasteiger partial charge in [-0.1, -0.05) is 39.3 Å². The molecule has 1 aromatic rings. The molecule has 20 heavy (non-hydrogen) atoms. The van der Waals surface area contributed by atoms with Crippen LogP contribution in [-0.2, 0) is 0 Å². The number of aldehydes is 1. The van der Waals surface area contributed by atoms with E-state index in [1.165, 1.54) is 12.8 Å². The van der Waals surface area contributed by atoms with Crippen molar-refractivity contribution in [1.29, 1.82) is 0 Å². The molecular weight excluding hydrogens is 248 g/mol. The standard InChI is InChI=1S/C18H26O2/c1-12(2)16-8-5-13(3)9-18(16)20-17-10-15(11-19)7-6-14(17)4/h6-7,10-13,16,18H,5,8-9H2,1-4H3. The first-order valence-electron chi connectivity index (χ1n) is 7.73. The summed E-state index contributed by atoms with van der Waals surface area (Å²) >= 11 is 0. The summed E-state index contributed by atoms with van der Waals surface area (Å²) in [6.07, 6.45) is 4.83. The number of benzene rings is 1. The summed E-state index contributed by atoms with van der Waals surface area (Å²) in [5.41, 5.74) is 1.80. The van der Waals surface area contributed by atoms with E-state index in [4.69, 9.17) is 4.74 Å². The number of ether oxygens (including phenoxy) is 1. The Kier molecular flexibility index (Phi) is 4.85. The summed E-state index contributed by atoms with van der Waals surface area (Å²) in [5.74, 6) is 2.86. The molecule has 0 amide bonds. The summed E-state index contributed by atoms with van der Waals surface area (Å²) in [7, 11) is 0. The van der Waals surface area contributed by atoms with Crippen LogP contribution >= 0.6 is 0 Å². The van der Waals surface area contributed by atoms with Gasteiger partial charge in [-0.25, -0.2) is 0 Å². The smallest absolute Gasteiger partial charge is 0.150 e. The van der Waals surface area contributed by atoms with Gasteiger partial charge < -0.3 is 4.74 Å². The second kappa shape index (κ2) is 6.43. The van der Waals surface area contributed by atoms with Gasteiger partial charge in [0.2, 0.25) is 0 Å². The molecule has 0 bridgehead atoms. The third-order valence-electron chi connectivity index (χ3n) is 4.59. The number of rotatable bonds is 4. The van der Waals surface area contributed by atoms with Gasteiger partial charge in [0.1, 0.15) is 18.1 Å². The molecule has 1 saturated carbocycles. The van der Waals surface area contributed by atoms with Crippen molar-refractivity contribution in [3.8, 4) is 5.75 Å². The predicted molar refractivity (Wildman–Crippen MR) is 82.3 cm³/mol. The Labute approximate surface area is 122 Å². The van der Waals surface area contributed by atoms with Crippen molar-refractivity contribution in [3.63, 3.8) is 0 Å². The lowest BCUT2D eigenvalue weighted by molar-refractivity contribution is 0.0454. The van der Waals surface area contributed by atoms with E-state index in [9.17, 15) is 4.79 Å². The molecule has 1 aliphatic rings. The highest BCUT2D eigenvalue weighted by Gasteiger charge is 2.32. The molecule has 0 N–H and O–H groups in total. The monoisotopic (exact) mass is 274 g/mol. The molecule has 0 aliphatic heterocycles. The Hall–Kier alpha value is -1.31. The summed E-state index contributed by atoms with van der Waals surface area (Å²) in [6.45, 7) is 8.92. The highest BCUT2D eigenvalue weighted by Crippen LogP contribution is 2.36. The minimum Gasteiger partial charge on any atom is -0.490 e. The normalized spacial score (nSPS) is 26.6. The highest BCUT2D eigenvalue weighted by molar-refractivity contribution is 5.75. The summed E-state index contributed by atoms with van der Waals surface area (Å²) in [4.78, 5) is 10.9. The van der Waals surface area contributed by atoms with E-state index in [1.54, 1.807) is 0 Å². The molecule has 2 heteroatoms. The van der Waals surface area contributed by atoms with Gasteiger partial charge in [0.15, 0.2) is 0 Å². The van der Waals surface area contributed by atoms with E-state index in [1.807, 2.05) is 25.1 Å². The fourth-order valence-electron chi connectivity index (χ4n) is 3.23. The average molecular weight is 274 g/mol. The van der Waals surface area contributed by atoms with Gasteiger partial charge in [-0.3, -0.25) is 4.79 Å². The van der Waals surface area contributed by atoms with Crippen molar-refractivity contribution >= 4 is 6.29 Å². The van der Waals surface area contributed by atoms with Crippen molar-refractivity contribution in [2.75, 3.05) is 0 Å². The fourth-order valence-corrected chi connectivity index (χ4v) is 3.23. The van der Waals surface area contributed by atoms with Gasteiger partial charge in [0.25, 0.3) is 0 Å². The Bertz CT molecular complexity index is 464. The molecule has 0 aromatic heterocycles. The van der Waals surface area contributed by atoms with Gasteiger partial charge in [-0.05, 0) is 49.1 Å². The third kappa shape index (κ3) is 3.41. The number of carbonyl (C=O) groups excluding carboxylic acids is 1. The SMILES string of the molecule is Cc1ccc(C=O)cc1OC1CC(C)CCC1C(C)C. The first kappa shape index (κ1) is 15.1. The van der Waals surface area contributed by atoms with Gasteiger partial charge in [0, 0.05) is 5.56 Å². The van der Waals surface area contributed by atoms with Crippen LogP contribution in [-0.4, -0.2) is 12.4 Å². The number of aryl methyl sites for hydroxylation is 1. The van der Waals surface area contributed by atoms with Crippen LogP contribution < -0.4 is 4.74 Å². The second-order valence-corrected chi connectivity index (χ2v) is 6.63. The maximum absolute atomic E-state index is 10.9. The molecule has 0 heterocycles. The quantitative estimate of drug-likeness (QED) is 0.747. The molecule has 110 valence electrons. The van der Waals surface area contributed by atoms with Crippen molar-refractivity contribution in [2.24, 2.45) is 17.8 Å². The molecule has 0 radical (unpaired) electrons. The van der Waals surface area contributed by atoms with Crippen LogP contribution in [0.15, 0.2) is 18.2 Å². The van der Waals surface area contributed by atoms with Crippen LogP contribution in [0.4, 0.5) is 0 Å². The summed E-state index contributed by atoms with van der Waals surface area (Å²) in [5, 5.41) is 0. The number of hydrogen-bond acceptors (Lipinski definition) is 2. The molecule has 1 aromatic carbocycles. The van der Waals surface area contributed by atoms with Crippen LogP contribution in [0.25, 0.3) is 0 Å². The van der Waals surface area contributed by atoms with E-state index in [-0.39, 0.29) is 6.10 Å². The minimum atomic E-state index is 0.277. The molecule has 0 saturated heterocycles. The lowest BCUT2D eigenvalue weighted by Gasteiger charge is -2.37. The van der Waals surface area contributed by atoms with Gasteiger partial charge in [0.05, 0.1) is 0 Å². The lowest BCUT2D eigenvalue weighted by Crippen LogP contribution is -2.36. The van der Waals surface area contributed by atoms with Crippen molar-refractivity contribution in [3.05, 3.63) is 29.3 Å². The number of carbonyl (C=O) groups is 1. The van der Waals surface area contributed by atoms with Gasteiger partial charge in [-0.2, -0.15) is 0 Å². The van der Waals surface area contributed by atoms with Crippen molar-refractivity contribution in [1.82, 2.24) is 0 Å². The Morgan fingerprint density at radius 3 is 2.70 bits per heavy atom. The van der Waals surface area contributed by atoms with Crippen LogP contribution in [0.5, 0.6) is 5.75 Å². The number of hydrogen-bond donors (Lipinski definition) is 0. The zero-order chi connectivity index (χ0) is 14.7. The summed E-state index contributed by atoms with van der Waals surface area (Å²) < 4.78 is 6.31. The first-order chi connectivity index (χ1) is 9.51. The zero-order valence-corrected chi connectivity index (χ0v) is 13.1. The van der Waals surface area contributed by atoms with Gasteiger partial charge in [-0.15, -0.1) is 0 Å². The predicted octanol–water partition coefficient (Wildman–Crippen LogP) is 4.65. The van der Waals surface area contributed by atoms with E-state index in [0.29, 0.717) is 17.4 Å². The molecule has 1 aliphatic carbocycles.